The van der Waals surface area contributed by atoms with Crippen LogP contribution in [0.5, 0.6) is 0 Å². The lowest BCUT2D eigenvalue weighted by atomic mass is 10.3. The van der Waals surface area contributed by atoms with Crippen LogP contribution in [0.3, 0.4) is 0 Å². The van der Waals surface area contributed by atoms with E-state index in [0.717, 1.165) is 4.47 Å². The number of halogens is 1. The molecule has 0 aliphatic carbocycles. The molecule has 18 heavy (non-hydrogen) atoms. The third-order valence-corrected chi connectivity index (χ3v) is 4.19. The van der Waals surface area contributed by atoms with Gasteiger partial charge in [0.25, 0.3) is 10.0 Å². The van der Waals surface area contributed by atoms with E-state index in [9.17, 15) is 8.42 Å². The summed E-state index contributed by atoms with van der Waals surface area (Å²) >= 11 is 3.26. The molecule has 0 heterocycles. The Hall–Kier alpha value is -1.53. The first kappa shape index (κ1) is 12.9. The smallest absolute Gasteiger partial charge is 0.261 e. The van der Waals surface area contributed by atoms with E-state index in [0.29, 0.717) is 11.4 Å². The second-order valence-electron chi connectivity index (χ2n) is 3.68. The number of nitrogens with two attached hydrogens (primary N) is 1. The van der Waals surface area contributed by atoms with Gasteiger partial charge < -0.3 is 5.73 Å². The molecule has 0 saturated heterocycles. The molecule has 0 atom stereocenters. The van der Waals surface area contributed by atoms with E-state index in [1.54, 1.807) is 36.4 Å². The van der Waals surface area contributed by atoms with E-state index in [2.05, 4.69) is 20.7 Å². The van der Waals surface area contributed by atoms with Crippen LogP contribution in [-0.2, 0) is 10.0 Å². The van der Waals surface area contributed by atoms with Crippen molar-refractivity contribution >= 4 is 37.3 Å². The van der Waals surface area contributed by atoms with Gasteiger partial charge in [0, 0.05) is 10.2 Å². The average Bonchev–Trinajstić information content (AvgIpc) is 2.29. The van der Waals surface area contributed by atoms with Gasteiger partial charge in [-0.2, -0.15) is 0 Å². The van der Waals surface area contributed by atoms with Gasteiger partial charge >= 0.3 is 0 Å². The van der Waals surface area contributed by atoms with Crippen molar-refractivity contribution in [1.29, 1.82) is 0 Å². The van der Waals surface area contributed by atoms with E-state index in [-0.39, 0.29) is 4.90 Å². The molecule has 94 valence electrons. The van der Waals surface area contributed by atoms with Crippen LogP contribution < -0.4 is 10.5 Å². The Balaban J connectivity index is 2.30. The molecule has 0 aliphatic heterocycles. The highest BCUT2D eigenvalue weighted by atomic mass is 79.9. The Morgan fingerprint density at radius 1 is 1.06 bits per heavy atom. The third kappa shape index (κ3) is 3.02. The van der Waals surface area contributed by atoms with E-state index in [1.807, 2.05) is 0 Å². The number of hydrogen-bond acceptors (Lipinski definition) is 3. The van der Waals surface area contributed by atoms with Crippen LogP contribution >= 0.6 is 15.9 Å². The SMILES string of the molecule is Nc1cccc(NS(=O)(=O)c2ccc(Br)cc2)c1. The van der Waals surface area contributed by atoms with E-state index in [1.165, 1.54) is 12.1 Å². The van der Waals surface area contributed by atoms with Gasteiger partial charge in [0.05, 0.1) is 10.6 Å². The standard InChI is InChI=1S/C12H11BrN2O2S/c13-9-4-6-12(7-5-9)18(16,17)15-11-3-1-2-10(14)8-11/h1-8,15H,14H2. The van der Waals surface area contributed by atoms with Gasteiger partial charge in [-0.05, 0) is 42.5 Å². The minimum atomic E-state index is -3.57. The maximum absolute atomic E-state index is 12.1. The van der Waals surface area contributed by atoms with Crippen LogP contribution in [0.1, 0.15) is 0 Å². The lowest BCUT2D eigenvalue weighted by Gasteiger charge is -2.08. The first-order valence-electron chi connectivity index (χ1n) is 5.11. The molecule has 0 radical (unpaired) electrons. The van der Waals surface area contributed by atoms with Crippen LogP contribution in [0, 0.1) is 0 Å². The van der Waals surface area contributed by atoms with Crippen molar-refractivity contribution in [2.75, 3.05) is 10.5 Å². The molecule has 0 aliphatic rings. The minimum Gasteiger partial charge on any atom is -0.399 e. The molecule has 2 aromatic carbocycles. The van der Waals surface area contributed by atoms with Gasteiger partial charge in [0.1, 0.15) is 0 Å². The molecule has 0 bridgehead atoms. The summed E-state index contributed by atoms with van der Waals surface area (Å²) in [5.74, 6) is 0. The monoisotopic (exact) mass is 326 g/mol. The number of rotatable bonds is 3. The quantitative estimate of drug-likeness (QED) is 0.852. The fourth-order valence-corrected chi connectivity index (χ4v) is 2.74. The maximum atomic E-state index is 12.1. The Morgan fingerprint density at radius 2 is 1.72 bits per heavy atom. The molecule has 3 N–H and O–H groups in total. The number of anilines is 2. The maximum Gasteiger partial charge on any atom is 0.261 e. The van der Waals surface area contributed by atoms with Crippen molar-refractivity contribution in [2.45, 2.75) is 4.90 Å². The highest BCUT2D eigenvalue weighted by Crippen LogP contribution is 2.19. The third-order valence-electron chi connectivity index (χ3n) is 2.26. The van der Waals surface area contributed by atoms with Crippen LogP contribution in [0.2, 0.25) is 0 Å². The van der Waals surface area contributed by atoms with Crippen molar-refractivity contribution in [3.63, 3.8) is 0 Å². The normalized spacial score (nSPS) is 11.2. The fraction of sp³-hybridized carbons (Fsp3) is 0. The van der Waals surface area contributed by atoms with Gasteiger partial charge in [-0.3, -0.25) is 4.72 Å². The molecule has 0 fully saturated rings. The molecule has 6 heteroatoms. The van der Waals surface area contributed by atoms with Crippen molar-refractivity contribution in [3.05, 3.63) is 53.0 Å². The Labute approximate surface area is 114 Å². The highest BCUT2D eigenvalue weighted by Gasteiger charge is 2.13. The van der Waals surface area contributed by atoms with Gasteiger partial charge in [-0.15, -0.1) is 0 Å². The van der Waals surface area contributed by atoms with Crippen molar-refractivity contribution in [3.8, 4) is 0 Å². The van der Waals surface area contributed by atoms with Crippen LogP contribution in [0.25, 0.3) is 0 Å². The number of sulfonamides is 1. The second-order valence-corrected chi connectivity index (χ2v) is 6.28. The van der Waals surface area contributed by atoms with Gasteiger partial charge in [0.2, 0.25) is 0 Å². The van der Waals surface area contributed by atoms with Crippen molar-refractivity contribution < 1.29 is 8.42 Å². The number of hydrogen-bond donors (Lipinski definition) is 2. The zero-order valence-electron chi connectivity index (χ0n) is 9.30. The summed E-state index contributed by atoms with van der Waals surface area (Å²) in [6.45, 7) is 0. The largest absolute Gasteiger partial charge is 0.399 e. The lowest BCUT2D eigenvalue weighted by molar-refractivity contribution is 0.601. The average molecular weight is 327 g/mol. The molecule has 2 rings (SSSR count). The molecule has 4 nitrogen and oxygen atoms in total. The Morgan fingerprint density at radius 3 is 2.33 bits per heavy atom. The number of nitrogen functional groups attached to an aromatic ring is 1. The molecule has 0 saturated carbocycles. The van der Waals surface area contributed by atoms with Crippen LogP contribution in [0.15, 0.2) is 57.9 Å². The molecular weight excluding hydrogens is 316 g/mol. The number of benzene rings is 2. The molecular formula is C12H11BrN2O2S. The summed E-state index contributed by atoms with van der Waals surface area (Å²) in [4.78, 5) is 0.202. The van der Waals surface area contributed by atoms with E-state index >= 15 is 0 Å². The van der Waals surface area contributed by atoms with E-state index in [4.69, 9.17) is 5.73 Å². The molecule has 2 aromatic rings. The summed E-state index contributed by atoms with van der Waals surface area (Å²) in [6.07, 6.45) is 0. The van der Waals surface area contributed by atoms with Gasteiger partial charge in [-0.25, -0.2) is 8.42 Å². The molecule has 0 aromatic heterocycles. The van der Waals surface area contributed by atoms with Gasteiger partial charge in [0.15, 0.2) is 0 Å². The van der Waals surface area contributed by atoms with E-state index < -0.39 is 10.0 Å². The predicted octanol–water partition coefficient (Wildman–Crippen LogP) is 2.83. The zero-order valence-corrected chi connectivity index (χ0v) is 11.7. The van der Waals surface area contributed by atoms with Crippen LogP contribution in [-0.4, -0.2) is 8.42 Å². The Bertz CT molecular complexity index is 654. The predicted molar refractivity (Wildman–Crippen MR) is 75.8 cm³/mol. The van der Waals surface area contributed by atoms with Crippen LogP contribution in [0.4, 0.5) is 11.4 Å². The molecule has 0 spiro atoms. The zero-order chi connectivity index (χ0) is 13.2. The highest BCUT2D eigenvalue weighted by molar-refractivity contribution is 9.10. The minimum absolute atomic E-state index is 0.202. The van der Waals surface area contributed by atoms with Crippen molar-refractivity contribution in [2.24, 2.45) is 0 Å². The summed E-state index contributed by atoms with van der Waals surface area (Å²) in [7, 11) is -3.57. The number of nitrogens with one attached hydrogen (secondary N) is 1. The Kier molecular flexibility index (Phi) is 3.58. The second kappa shape index (κ2) is 4.99. The first-order valence-corrected chi connectivity index (χ1v) is 7.39. The first-order chi connectivity index (χ1) is 8.47. The summed E-state index contributed by atoms with van der Waals surface area (Å²) in [6, 6.07) is 13.0. The summed E-state index contributed by atoms with van der Waals surface area (Å²) in [5.41, 5.74) is 6.54. The molecule has 0 unspecified atom stereocenters. The van der Waals surface area contributed by atoms with Gasteiger partial charge in [-0.1, -0.05) is 22.0 Å². The fourth-order valence-electron chi connectivity index (χ4n) is 1.43. The summed E-state index contributed by atoms with van der Waals surface area (Å²) < 4.78 is 27.4. The van der Waals surface area contributed by atoms with Crippen molar-refractivity contribution in [1.82, 2.24) is 0 Å². The molecule has 0 amide bonds. The lowest BCUT2D eigenvalue weighted by Crippen LogP contribution is -2.12. The topological polar surface area (TPSA) is 72.2 Å². The summed E-state index contributed by atoms with van der Waals surface area (Å²) in [5, 5.41) is 0.